The van der Waals surface area contributed by atoms with Crippen molar-refractivity contribution in [2.24, 2.45) is 0 Å². The quantitative estimate of drug-likeness (QED) is 0.208. The number of ether oxygens (including phenoxy) is 3. The number of carbonyl (C=O) groups is 2. The van der Waals surface area contributed by atoms with Crippen LogP contribution < -0.4 is 23.8 Å². The van der Waals surface area contributed by atoms with Gasteiger partial charge in [-0.15, -0.1) is 0 Å². The Morgan fingerprint density at radius 3 is 2.11 bits per heavy atom. The molecule has 3 aromatic carbocycles. The van der Waals surface area contributed by atoms with Gasteiger partial charge in [-0.1, -0.05) is 60.1 Å². The lowest BCUT2D eigenvalue weighted by atomic mass is 9.95. The number of hydrogen-bond acceptors (Lipinski definition) is 7. The smallest absolute Gasteiger partial charge is 0.265 e. The van der Waals surface area contributed by atoms with Crippen LogP contribution in [0.15, 0.2) is 59.5 Å². The van der Waals surface area contributed by atoms with Gasteiger partial charge in [-0.3, -0.25) is 13.9 Å². The van der Waals surface area contributed by atoms with Crippen molar-refractivity contribution >= 4 is 62.3 Å². The maximum Gasteiger partial charge on any atom is 0.265 e. The summed E-state index contributed by atoms with van der Waals surface area (Å²) in [4.78, 5) is 29.1. The molecular formula is C33H38Cl3N3O7S. The predicted molar refractivity (Wildman–Crippen MR) is 184 cm³/mol. The van der Waals surface area contributed by atoms with Crippen LogP contribution in [0.4, 0.5) is 5.69 Å². The number of sulfonamides is 1. The van der Waals surface area contributed by atoms with E-state index in [0.717, 1.165) is 36.4 Å². The van der Waals surface area contributed by atoms with E-state index < -0.39 is 28.5 Å². The summed E-state index contributed by atoms with van der Waals surface area (Å²) in [5.74, 6) is -0.438. The Hall–Kier alpha value is -3.38. The third kappa shape index (κ3) is 8.56. The summed E-state index contributed by atoms with van der Waals surface area (Å²) in [7, 11) is -0.303. The predicted octanol–water partition coefficient (Wildman–Crippen LogP) is 6.73. The molecule has 3 aromatic rings. The van der Waals surface area contributed by atoms with Crippen LogP contribution in [0.2, 0.25) is 15.1 Å². The topological polar surface area (TPSA) is 114 Å². The first-order valence-electron chi connectivity index (χ1n) is 15.0. The van der Waals surface area contributed by atoms with Gasteiger partial charge in [0.15, 0.2) is 11.5 Å². The number of nitrogens with one attached hydrogen (secondary N) is 1. The molecule has 0 aliphatic heterocycles. The van der Waals surface area contributed by atoms with Gasteiger partial charge in [0, 0.05) is 39.3 Å². The number of halogens is 3. The SMILES string of the molecule is COc1ccc(S(=O)(=O)N(CC(=O)N(Cc2c(Cl)cccc2Cl)[C@H](C)C(=O)NC2CCCCC2)c2cc(Cl)ccc2OC)cc1OC. The maximum absolute atomic E-state index is 14.4. The third-order valence-electron chi connectivity index (χ3n) is 8.14. The summed E-state index contributed by atoms with van der Waals surface area (Å²) in [5.41, 5.74) is 0.425. The number of methoxy groups -OCH3 is 3. The molecule has 47 heavy (non-hydrogen) atoms. The summed E-state index contributed by atoms with van der Waals surface area (Å²) in [5, 5.41) is 3.86. The van der Waals surface area contributed by atoms with Crippen LogP contribution in [0.5, 0.6) is 17.2 Å². The molecule has 1 aliphatic carbocycles. The Kier molecular flexibility index (Phi) is 12.5. The molecule has 0 bridgehead atoms. The molecule has 1 saturated carbocycles. The molecule has 4 rings (SSSR count). The lowest BCUT2D eigenvalue weighted by molar-refractivity contribution is -0.139. The molecule has 254 valence electrons. The van der Waals surface area contributed by atoms with Gasteiger partial charge < -0.3 is 24.4 Å². The summed E-state index contributed by atoms with van der Waals surface area (Å²) >= 11 is 19.3. The molecule has 0 radical (unpaired) electrons. The molecular weight excluding hydrogens is 689 g/mol. The van der Waals surface area contributed by atoms with Crippen LogP contribution in [0, 0.1) is 0 Å². The zero-order valence-electron chi connectivity index (χ0n) is 26.6. The molecule has 10 nitrogen and oxygen atoms in total. The van der Waals surface area contributed by atoms with E-state index in [2.05, 4.69) is 5.32 Å². The van der Waals surface area contributed by atoms with Crippen LogP contribution in [-0.4, -0.2) is 65.1 Å². The van der Waals surface area contributed by atoms with E-state index in [1.807, 2.05) is 0 Å². The maximum atomic E-state index is 14.4. The first-order chi connectivity index (χ1) is 22.4. The molecule has 2 amide bonds. The average Bonchev–Trinajstić information content (AvgIpc) is 3.06. The second-order valence-corrected chi connectivity index (χ2v) is 14.2. The van der Waals surface area contributed by atoms with Gasteiger partial charge in [0.25, 0.3) is 10.0 Å². The van der Waals surface area contributed by atoms with E-state index in [1.165, 1.54) is 62.6 Å². The van der Waals surface area contributed by atoms with E-state index >= 15 is 0 Å². The first-order valence-corrected chi connectivity index (χ1v) is 17.6. The van der Waals surface area contributed by atoms with Crippen molar-refractivity contribution < 1.29 is 32.2 Å². The minimum Gasteiger partial charge on any atom is -0.495 e. The second kappa shape index (κ2) is 16.1. The molecule has 14 heteroatoms. The highest BCUT2D eigenvalue weighted by atomic mass is 35.5. The zero-order chi connectivity index (χ0) is 34.3. The molecule has 0 spiro atoms. The summed E-state index contributed by atoms with van der Waals surface area (Å²) in [6.45, 7) is 0.706. The van der Waals surface area contributed by atoms with Crippen LogP contribution in [-0.2, 0) is 26.2 Å². The molecule has 0 saturated heterocycles. The van der Waals surface area contributed by atoms with Crippen LogP contribution >= 0.6 is 34.8 Å². The first kappa shape index (κ1) is 36.5. The van der Waals surface area contributed by atoms with Gasteiger partial charge in [0.2, 0.25) is 11.8 Å². The summed E-state index contributed by atoms with van der Waals surface area (Å²) in [6.07, 6.45) is 4.79. The number of nitrogens with zero attached hydrogens (tertiary/aromatic N) is 2. The van der Waals surface area contributed by atoms with Gasteiger partial charge in [0.05, 0.1) is 31.9 Å². The van der Waals surface area contributed by atoms with Gasteiger partial charge in [-0.05, 0) is 62.2 Å². The number of rotatable bonds is 13. The third-order valence-corrected chi connectivity index (χ3v) is 10.8. The lowest BCUT2D eigenvalue weighted by Gasteiger charge is -2.34. The highest BCUT2D eigenvalue weighted by molar-refractivity contribution is 7.92. The number of benzene rings is 3. The number of anilines is 1. The van der Waals surface area contributed by atoms with E-state index in [-0.39, 0.29) is 45.6 Å². The molecule has 1 fully saturated rings. The average molecular weight is 727 g/mol. The fourth-order valence-corrected chi connectivity index (χ4v) is 7.60. The second-order valence-electron chi connectivity index (χ2n) is 11.1. The van der Waals surface area contributed by atoms with Gasteiger partial charge in [-0.2, -0.15) is 0 Å². The zero-order valence-corrected chi connectivity index (χ0v) is 29.7. The van der Waals surface area contributed by atoms with E-state index in [9.17, 15) is 18.0 Å². The molecule has 1 N–H and O–H groups in total. The van der Waals surface area contributed by atoms with Gasteiger partial charge in [-0.25, -0.2) is 8.42 Å². The van der Waals surface area contributed by atoms with Crippen LogP contribution in [0.3, 0.4) is 0 Å². The molecule has 0 heterocycles. The van der Waals surface area contributed by atoms with Crippen LogP contribution in [0.25, 0.3) is 0 Å². The standard InChI is InChI=1S/C33H38Cl3N3O7S/c1-21(33(41)37-23-9-6-5-7-10-23)38(19-25-26(35)11-8-12-27(25)36)32(40)20-39(28-17-22(34)13-15-29(28)44-2)47(42,43)24-14-16-30(45-3)31(18-24)46-4/h8,11-18,21,23H,5-7,9-10,19-20H2,1-4H3,(H,37,41)/t21-/m1/s1. The lowest BCUT2D eigenvalue weighted by Crippen LogP contribution is -2.53. The van der Waals surface area contributed by atoms with Crippen molar-refractivity contribution in [2.45, 2.75) is 62.6 Å². The number of hydrogen-bond donors (Lipinski definition) is 1. The monoisotopic (exact) mass is 725 g/mol. The van der Waals surface area contributed by atoms with Crippen LogP contribution in [0.1, 0.15) is 44.6 Å². The fourth-order valence-electron chi connectivity index (χ4n) is 5.48. The Labute approximate surface area is 290 Å². The normalized spacial score (nSPS) is 14.2. The number of carbonyl (C=O) groups excluding carboxylic acids is 2. The minimum atomic E-state index is -4.49. The fraction of sp³-hybridized carbons (Fsp3) is 0.394. The van der Waals surface area contributed by atoms with Crippen molar-refractivity contribution in [3.63, 3.8) is 0 Å². The summed E-state index contributed by atoms with van der Waals surface area (Å²) < 4.78 is 45.9. The number of amides is 2. The largest absolute Gasteiger partial charge is 0.495 e. The molecule has 1 atom stereocenters. The van der Waals surface area contributed by atoms with Crippen molar-refractivity contribution in [3.05, 3.63) is 75.2 Å². The highest BCUT2D eigenvalue weighted by Crippen LogP contribution is 2.37. The Morgan fingerprint density at radius 1 is 0.872 bits per heavy atom. The van der Waals surface area contributed by atoms with Crippen molar-refractivity contribution in [1.82, 2.24) is 10.2 Å². The Morgan fingerprint density at radius 2 is 1.49 bits per heavy atom. The van der Waals surface area contributed by atoms with Crippen molar-refractivity contribution in [2.75, 3.05) is 32.2 Å². The van der Waals surface area contributed by atoms with Gasteiger partial charge in [0.1, 0.15) is 18.3 Å². The summed E-state index contributed by atoms with van der Waals surface area (Å²) in [6, 6.07) is 12.4. The van der Waals surface area contributed by atoms with Crippen molar-refractivity contribution in [3.8, 4) is 17.2 Å². The van der Waals surface area contributed by atoms with E-state index in [4.69, 9.17) is 49.0 Å². The molecule has 0 unspecified atom stereocenters. The Balaban J connectivity index is 1.79. The molecule has 0 aromatic heterocycles. The van der Waals surface area contributed by atoms with Gasteiger partial charge >= 0.3 is 0 Å². The molecule has 1 aliphatic rings. The highest BCUT2D eigenvalue weighted by Gasteiger charge is 2.35. The minimum absolute atomic E-state index is 0.0122. The Bertz CT molecular complexity index is 1680. The van der Waals surface area contributed by atoms with Crippen molar-refractivity contribution in [1.29, 1.82) is 0 Å². The van der Waals surface area contributed by atoms with E-state index in [0.29, 0.717) is 21.4 Å². The van der Waals surface area contributed by atoms with E-state index in [1.54, 1.807) is 25.1 Å².